The van der Waals surface area contributed by atoms with Crippen LogP contribution in [0.15, 0.2) is 34.8 Å². The van der Waals surface area contributed by atoms with Gasteiger partial charge in [-0.15, -0.1) is 0 Å². The minimum atomic E-state index is -0.248. The topological polar surface area (TPSA) is 44.5 Å². The SMILES string of the molecule is COc1ccc(C(N)c2cccc(C)c2C)c(OC)c1Br. The number of hydrogen-bond donors (Lipinski definition) is 1. The van der Waals surface area contributed by atoms with Crippen LogP contribution >= 0.6 is 15.9 Å². The first kappa shape index (κ1) is 15.9. The number of aryl methyl sites for hydroxylation is 1. The summed E-state index contributed by atoms with van der Waals surface area (Å²) >= 11 is 3.52. The van der Waals surface area contributed by atoms with Gasteiger partial charge in [-0.2, -0.15) is 0 Å². The zero-order valence-electron chi connectivity index (χ0n) is 12.7. The molecule has 2 aromatic rings. The summed E-state index contributed by atoms with van der Waals surface area (Å²) in [6.45, 7) is 4.18. The molecule has 0 saturated carbocycles. The van der Waals surface area contributed by atoms with Crippen molar-refractivity contribution < 1.29 is 9.47 Å². The molecule has 21 heavy (non-hydrogen) atoms. The fraction of sp³-hybridized carbons (Fsp3) is 0.294. The smallest absolute Gasteiger partial charge is 0.141 e. The third-order valence-electron chi connectivity index (χ3n) is 3.83. The van der Waals surface area contributed by atoms with E-state index in [2.05, 4.69) is 41.9 Å². The maximum atomic E-state index is 6.48. The Labute approximate surface area is 134 Å². The average molecular weight is 350 g/mol. The van der Waals surface area contributed by atoms with E-state index in [9.17, 15) is 0 Å². The Morgan fingerprint density at radius 1 is 1.00 bits per heavy atom. The molecular weight excluding hydrogens is 330 g/mol. The molecule has 0 aromatic heterocycles. The van der Waals surface area contributed by atoms with Gasteiger partial charge in [0.15, 0.2) is 0 Å². The van der Waals surface area contributed by atoms with E-state index in [0.29, 0.717) is 5.75 Å². The van der Waals surface area contributed by atoms with Crippen LogP contribution in [0.25, 0.3) is 0 Å². The molecule has 2 N–H and O–H groups in total. The lowest BCUT2D eigenvalue weighted by atomic mass is 9.93. The Balaban J connectivity index is 2.56. The lowest BCUT2D eigenvalue weighted by molar-refractivity contribution is 0.385. The predicted octanol–water partition coefficient (Wildman–Crippen LogP) is 4.13. The molecule has 1 unspecified atom stereocenters. The summed E-state index contributed by atoms with van der Waals surface area (Å²) in [5, 5.41) is 0. The molecule has 0 radical (unpaired) electrons. The molecule has 0 aliphatic carbocycles. The van der Waals surface area contributed by atoms with E-state index in [1.54, 1.807) is 14.2 Å². The highest BCUT2D eigenvalue weighted by Gasteiger charge is 2.20. The van der Waals surface area contributed by atoms with Crippen LogP contribution < -0.4 is 15.2 Å². The maximum absolute atomic E-state index is 6.48. The summed E-state index contributed by atoms with van der Waals surface area (Å²) in [4.78, 5) is 0. The van der Waals surface area contributed by atoms with Crippen molar-refractivity contribution in [3.63, 3.8) is 0 Å². The van der Waals surface area contributed by atoms with Gasteiger partial charge in [-0.1, -0.05) is 18.2 Å². The Kier molecular flexibility index (Phi) is 4.91. The second-order valence-corrected chi connectivity index (χ2v) is 5.76. The molecule has 1 atom stereocenters. The monoisotopic (exact) mass is 349 g/mol. The molecule has 4 heteroatoms. The zero-order chi connectivity index (χ0) is 15.6. The van der Waals surface area contributed by atoms with E-state index in [-0.39, 0.29) is 6.04 Å². The van der Waals surface area contributed by atoms with Gasteiger partial charge in [0.25, 0.3) is 0 Å². The number of ether oxygens (including phenoxy) is 2. The Hall–Kier alpha value is -1.52. The summed E-state index contributed by atoms with van der Waals surface area (Å²) in [5.41, 5.74) is 11.0. The van der Waals surface area contributed by atoms with E-state index >= 15 is 0 Å². The predicted molar refractivity (Wildman–Crippen MR) is 89.2 cm³/mol. The molecule has 0 bridgehead atoms. The average Bonchev–Trinajstić information content (AvgIpc) is 2.49. The summed E-state index contributed by atoms with van der Waals surface area (Å²) in [7, 11) is 3.27. The lowest BCUT2D eigenvalue weighted by Gasteiger charge is -2.21. The largest absolute Gasteiger partial charge is 0.495 e. The number of benzene rings is 2. The van der Waals surface area contributed by atoms with Crippen LogP contribution in [0.4, 0.5) is 0 Å². The fourth-order valence-electron chi connectivity index (χ4n) is 2.44. The van der Waals surface area contributed by atoms with Crippen molar-refractivity contribution >= 4 is 15.9 Å². The first-order valence-electron chi connectivity index (χ1n) is 6.73. The standard InChI is InChI=1S/C17H20BrNO2/c1-10-6-5-7-12(11(10)2)16(19)13-8-9-14(20-3)15(18)17(13)21-4/h5-9,16H,19H2,1-4H3. The second-order valence-electron chi connectivity index (χ2n) is 4.97. The van der Waals surface area contributed by atoms with Gasteiger partial charge in [0.05, 0.1) is 20.3 Å². The summed E-state index contributed by atoms with van der Waals surface area (Å²) in [6.07, 6.45) is 0. The highest BCUT2D eigenvalue weighted by atomic mass is 79.9. The van der Waals surface area contributed by atoms with E-state index < -0.39 is 0 Å². The van der Waals surface area contributed by atoms with Gasteiger partial charge in [-0.3, -0.25) is 0 Å². The molecule has 3 nitrogen and oxygen atoms in total. The highest BCUT2D eigenvalue weighted by Crippen LogP contribution is 2.41. The van der Waals surface area contributed by atoms with Gasteiger partial charge < -0.3 is 15.2 Å². The normalized spacial score (nSPS) is 12.1. The number of rotatable bonds is 4. The third-order valence-corrected chi connectivity index (χ3v) is 4.58. The van der Waals surface area contributed by atoms with Crippen LogP contribution in [-0.4, -0.2) is 14.2 Å². The van der Waals surface area contributed by atoms with E-state index in [1.165, 1.54) is 11.1 Å². The minimum Gasteiger partial charge on any atom is -0.495 e. The van der Waals surface area contributed by atoms with Gasteiger partial charge in [0, 0.05) is 5.56 Å². The Morgan fingerprint density at radius 2 is 1.71 bits per heavy atom. The van der Waals surface area contributed by atoms with Crippen molar-refractivity contribution in [1.82, 2.24) is 0 Å². The van der Waals surface area contributed by atoms with Crippen LogP contribution in [-0.2, 0) is 0 Å². The molecule has 2 aromatic carbocycles. The molecule has 0 spiro atoms. The molecule has 0 saturated heterocycles. The molecule has 0 aliphatic heterocycles. The number of hydrogen-bond acceptors (Lipinski definition) is 3. The van der Waals surface area contributed by atoms with Crippen molar-refractivity contribution in [3.8, 4) is 11.5 Å². The van der Waals surface area contributed by atoms with Crippen molar-refractivity contribution in [2.75, 3.05) is 14.2 Å². The van der Waals surface area contributed by atoms with Crippen molar-refractivity contribution in [2.45, 2.75) is 19.9 Å². The van der Waals surface area contributed by atoms with Gasteiger partial charge in [0.1, 0.15) is 16.0 Å². The van der Waals surface area contributed by atoms with Gasteiger partial charge >= 0.3 is 0 Å². The molecule has 0 aliphatic rings. The second kappa shape index (κ2) is 6.50. The number of halogens is 1. The summed E-state index contributed by atoms with van der Waals surface area (Å²) in [5.74, 6) is 1.44. The zero-order valence-corrected chi connectivity index (χ0v) is 14.3. The number of nitrogens with two attached hydrogens (primary N) is 1. The molecule has 2 rings (SSSR count). The molecule has 0 fully saturated rings. The van der Waals surface area contributed by atoms with Crippen LogP contribution in [0, 0.1) is 13.8 Å². The van der Waals surface area contributed by atoms with Crippen LogP contribution in [0.3, 0.4) is 0 Å². The summed E-state index contributed by atoms with van der Waals surface area (Å²) < 4.78 is 11.6. The molecule has 0 heterocycles. The Bertz CT molecular complexity index is 655. The van der Waals surface area contributed by atoms with Gasteiger partial charge in [-0.25, -0.2) is 0 Å². The van der Waals surface area contributed by atoms with E-state index in [4.69, 9.17) is 15.2 Å². The van der Waals surface area contributed by atoms with Gasteiger partial charge in [0.2, 0.25) is 0 Å². The quantitative estimate of drug-likeness (QED) is 0.902. The fourth-order valence-corrected chi connectivity index (χ4v) is 3.13. The minimum absolute atomic E-state index is 0.248. The Morgan fingerprint density at radius 3 is 2.33 bits per heavy atom. The first-order chi connectivity index (χ1) is 10.0. The third kappa shape index (κ3) is 2.92. The van der Waals surface area contributed by atoms with Crippen molar-refractivity contribution in [1.29, 1.82) is 0 Å². The first-order valence-corrected chi connectivity index (χ1v) is 7.52. The molecule has 112 valence electrons. The van der Waals surface area contributed by atoms with E-state index in [0.717, 1.165) is 21.3 Å². The molecular formula is C17H20BrNO2. The highest BCUT2D eigenvalue weighted by molar-refractivity contribution is 9.10. The lowest BCUT2D eigenvalue weighted by Crippen LogP contribution is -2.15. The number of methoxy groups -OCH3 is 2. The molecule has 0 amide bonds. The van der Waals surface area contributed by atoms with E-state index in [1.807, 2.05) is 18.2 Å². The van der Waals surface area contributed by atoms with Crippen LogP contribution in [0.2, 0.25) is 0 Å². The van der Waals surface area contributed by atoms with Gasteiger partial charge in [-0.05, 0) is 58.6 Å². The maximum Gasteiger partial charge on any atom is 0.141 e. The summed E-state index contributed by atoms with van der Waals surface area (Å²) in [6, 6.07) is 9.78. The van der Waals surface area contributed by atoms with Crippen LogP contribution in [0.5, 0.6) is 11.5 Å². The van der Waals surface area contributed by atoms with Crippen molar-refractivity contribution in [2.24, 2.45) is 5.73 Å². The van der Waals surface area contributed by atoms with Crippen LogP contribution in [0.1, 0.15) is 28.3 Å². The van der Waals surface area contributed by atoms with Crippen molar-refractivity contribution in [3.05, 3.63) is 57.1 Å².